The molecule has 2 aliphatic rings. The van der Waals surface area contributed by atoms with E-state index >= 15 is 0 Å². The molecule has 0 radical (unpaired) electrons. The van der Waals surface area contributed by atoms with E-state index in [-0.39, 0.29) is 5.56 Å². The number of hydrogen-bond donors (Lipinski definition) is 0. The van der Waals surface area contributed by atoms with Crippen molar-refractivity contribution in [2.75, 3.05) is 49.7 Å². The predicted molar refractivity (Wildman–Crippen MR) is 121 cm³/mol. The number of benzene rings is 1. The summed E-state index contributed by atoms with van der Waals surface area (Å²) in [5.74, 6) is 0.997. The summed E-state index contributed by atoms with van der Waals surface area (Å²) in [5, 5.41) is 9.63. The van der Waals surface area contributed by atoms with Gasteiger partial charge in [0.15, 0.2) is 5.82 Å². The number of nitrogens with zero attached hydrogens (tertiary/aromatic N) is 6. The third-order valence-corrected chi connectivity index (χ3v) is 6.37. The summed E-state index contributed by atoms with van der Waals surface area (Å²) < 4.78 is 6.67. The van der Waals surface area contributed by atoms with E-state index in [0.29, 0.717) is 18.5 Å². The summed E-state index contributed by atoms with van der Waals surface area (Å²) in [4.78, 5) is 21.8. The van der Waals surface area contributed by atoms with Crippen LogP contribution in [0.4, 0.5) is 11.5 Å². The number of hydrogen-bond acceptors (Lipinski definition) is 7. The van der Waals surface area contributed by atoms with E-state index in [4.69, 9.17) is 4.74 Å². The van der Waals surface area contributed by atoms with Crippen molar-refractivity contribution >= 4 is 22.4 Å². The molecule has 2 aromatic heterocycles. The lowest BCUT2D eigenvalue weighted by atomic mass is 9.97. The van der Waals surface area contributed by atoms with E-state index in [1.807, 2.05) is 18.2 Å². The van der Waals surface area contributed by atoms with Gasteiger partial charge >= 0.3 is 0 Å². The Morgan fingerprint density at radius 2 is 1.81 bits per heavy atom. The first-order valence-electron chi connectivity index (χ1n) is 11.1. The van der Waals surface area contributed by atoms with Crippen LogP contribution in [-0.2, 0) is 24.1 Å². The third kappa shape index (κ3) is 3.99. The topological polar surface area (TPSA) is 76.4 Å². The van der Waals surface area contributed by atoms with Gasteiger partial charge < -0.3 is 14.5 Å². The summed E-state index contributed by atoms with van der Waals surface area (Å²) in [7, 11) is 1.63. The van der Waals surface area contributed by atoms with Gasteiger partial charge in [-0.1, -0.05) is 0 Å². The smallest absolute Gasteiger partial charge is 0.261 e. The van der Waals surface area contributed by atoms with E-state index in [1.165, 1.54) is 24.1 Å². The fourth-order valence-electron chi connectivity index (χ4n) is 4.52. The zero-order valence-corrected chi connectivity index (χ0v) is 18.0. The Kier molecular flexibility index (Phi) is 5.55. The van der Waals surface area contributed by atoms with Crippen LogP contribution >= 0.6 is 0 Å². The average molecular weight is 421 g/mol. The molecule has 1 aliphatic heterocycles. The first-order valence-corrected chi connectivity index (χ1v) is 11.1. The van der Waals surface area contributed by atoms with Crippen LogP contribution in [-0.4, -0.2) is 59.6 Å². The van der Waals surface area contributed by atoms with Crippen molar-refractivity contribution in [1.29, 1.82) is 0 Å². The lowest BCUT2D eigenvalue weighted by molar-refractivity contribution is 0.186. The molecule has 0 amide bonds. The van der Waals surface area contributed by atoms with Gasteiger partial charge in [-0.05, 0) is 55.5 Å². The van der Waals surface area contributed by atoms with Gasteiger partial charge in [0, 0.05) is 39.0 Å². The normalized spacial score (nSPS) is 16.5. The second kappa shape index (κ2) is 8.63. The molecule has 0 spiro atoms. The molecule has 0 N–H and O–H groups in total. The van der Waals surface area contributed by atoms with Gasteiger partial charge in [0.05, 0.1) is 36.1 Å². The van der Waals surface area contributed by atoms with Crippen molar-refractivity contribution in [1.82, 2.24) is 19.7 Å². The maximum Gasteiger partial charge on any atom is 0.261 e. The second-order valence-corrected chi connectivity index (χ2v) is 8.29. The van der Waals surface area contributed by atoms with E-state index in [9.17, 15) is 4.79 Å². The number of methoxy groups -OCH3 is 1. The van der Waals surface area contributed by atoms with Crippen molar-refractivity contribution in [3.05, 3.63) is 52.2 Å². The van der Waals surface area contributed by atoms with Gasteiger partial charge in [0.2, 0.25) is 0 Å². The molecular formula is C23H28N6O2. The SMILES string of the molecule is COCCn1cnc2cc(N3CCN(c4cc5c(nn4)CCCC5)CC3)ccc2c1=O. The molecule has 1 aliphatic carbocycles. The Hall–Kier alpha value is -3.00. The summed E-state index contributed by atoms with van der Waals surface area (Å²) in [6.07, 6.45) is 6.26. The number of fused-ring (bicyclic) bond motifs is 2. The fourth-order valence-corrected chi connectivity index (χ4v) is 4.52. The first-order chi connectivity index (χ1) is 15.2. The second-order valence-electron chi connectivity index (χ2n) is 8.29. The summed E-state index contributed by atoms with van der Waals surface area (Å²) in [5.41, 5.74) is 4.36. The molecule has 1 fully saturated rings. The third-order valence-electron chi connectivity index (χ3n) is 6.37. The average Bonchev–Trinajstić information content (AvgIpc) is 2.83. The van der Waals surface area contributed by atoms with Crippen molar-refractivity contribution in [2.45, 2.75) is 32.2 Å². The molecule has 3 aromatic rings. The summed E-state index contributed by atoms with van der Waals surface area (Å²) >= 11 is 0. The zero-order chi connectivity index (χ0) is 21.2. The largest absolute Gasteiger partial charge is 0.383 e. The first kappa shape index (κ1) is 19.9. The number of anilines is 2. The molecule has 1 saturated heterocycles. The Morgan fingerprint density at radius 3 is 2.65 bits per heavy atom. The highest BCUT2D eigenvalue weighted by molar-refractivity contribution is 5.81. The Balaban J connectivity index is 1.29. The van der Waals surface area contributed by atoms with Crippen LogP contribution < -0.4 is 15.4 Å². The van der Waals surface area contributed by atoms with E-state index in [0.717, 1.165) is 56.0 Å². The zero-order valence-electron chi connectivity index (χ0n) is 18.0. The molecule has 0 saturated carbocycles. The van der Waals surface area contributed by atoms with Gasteiger partial charge in [-0.3, -0.25) is 9.36 Å². The minimum absolute atomic E-state index is 0.0237. The quantitative estimate of drug-likeness (QED) is 0.625. The van der Waals surface area contributed by atoms with Crippen LogP contribution in [0.2, 0.25) is 0 Å². The summed E-state index contributed by atoms with van der Waals surface area (Å²) in [6.45, 7) is 4.59. The number of aryl methyl sites for hydroxylation is 2. The van der Waals surface area contributed by atoms with Crippen molar-refractivity contribution in [3.8, 4) is 0 Å². The molecule has 0 bridgehead atoms. The van der Waals surface area contributed by atoms with Crippen LogP contribution in [0.25, 0.3) is 10.9 Å². The van der Waals surface area contributed by atoms with E-state index in [2.05, 4.69) is 31.0 Å². The number of piperazine rings is 1. The standard InChI is InChI=1S/C23H28N6O2/c1-31-13-12-29-16-24-21-15-18(6-7-19(21)23(29)30)27-8-10-28(11-9-27)22-14-17-4-2-3-5-20(17)25-26-22/h6-7,14-16H,2-5,8-13H2,1H3. The molecule has 5 rings (SSSR count). The van der Waals surface area contributed by atoms with Crippen molar-refractivity contribution in [2.24, 2.45) is 0 Å². The van der Waals surface area contributed by atoms with Crippen molar-refractivity contribution < 1.29 is 4.74 Å². The summed E-state index contributed by atoms with van der Waals surface area (Å²) in [6, 6.07) is 8.18. The highest BCUT2D eigenvalue weighted by atomic mass is 16.5. The van der Waals surface area contributed by atoms with Crippen LogP contribution in [0, 0.1) is 0 Å². The van der Waals surface area contributed by atoms with Gasteiger partial charge in [-0.25, -0.2) is 4.98 Å². The van der Waals surface area contributed by atoms with Crippen LogP contribution in [0.5, 0.6) is 0 Å². The fraction of sp³-hybridized carbons (Fsp3) is 0.478. The highest BCUT2D eigenvalue weighted by Gasteiger charge is 2.21. The van der Waals surface area contributed by atoms with Gasteiger partial charge in [0.1, 0.15) is 0 Å². The monoisotopic (exact) mass is 420 g/mol. The number of ether oxygens (including phenoxy) is 1. The Labute approximate surface area is 181 Å². The molecule has 3 heterocycles. The van der Waals surface area contributed by atoms with Gasteiger partial charge in [0.25, 0.3) is 5.56 Å². The lowest BCUT2D eigenvalue weighted by Gasteiger charge is -2.36. The van der Waals surface area contributed by atoms with E-state index in [1.54, 1.807) is 18.0 Å². The number of rotatable bonds is 5. The van der Waals surface area contributed by atoms with Crippen LogP contribution in [0.3, 0.4) is 0 Å². The Bertz CT molecular complexity index is 1140. The van der Waals surface area contributed by atoms with E-state index < -0.39 is 0 Å². The maximum absolute atomic E-state index is 12.7. The highest BCUT2D eigenvalue weighted by Crippen LogP contribution is 2.25. The van der Waals surface area contributed by atoms with Crippen LogP contribution in [0.1, 0.15) is 24.1 Å². The van der Waals surface area contributed by atoms with Gasteiger partial charge in [-0.15, -0.1) is 5.10 Å². The van der Waals surface area contributed by atoms with Crippen LogP contribution in [0.15, 0.2) is 35.4 Å². The maximum atomic E-state index is 12.7. The number of aromatic nitrogens is 4. The molecular weight excluding hydrogens is 392 g/mol. The Morgan fingerprint density at radius 1 is 1.00 bits per heavy atom. The van der Waals surface area contributed by atoms with Crippen molar-refractivity contribution in [3.63, 3.8) is 0 Å². The molecule has 162 valence electrons. The molecule has 8 heteroatoms. The predicted octanol–water partition coefficient (Wildman–Crippen LogP) is 2.04. The minimum atomic E-state index is -0.0237. The molecule has 31 heavy (non-hydrogen) atoms. The molecule has 8 nitrogen and oxygen atoms in total. The molecule has 0 atom stereocenters. The minimum Gasteiger partial charge on any atom is -0.383 e. The molecule has 1 aromatic carbocycles. The lowest BCUT2D eigenvalue weighted by Crippen LogP contribution is -2.47. The molecule has 0 unspecified atom stereocenters. The van der Waals surface area contributed by atoms with Gasteiger partial charge in [-0.2, -0.15) is 5.10 Å².